The minimum absolute atomic E-state index is 0.993. The van der Waals surface area contributed by atoms with Crippen LogP contribution >= 0.6 is 7.37 Å². The molecule has 0 bridgehead atoms. The molecule has 0 saturated carbocycles. The van der Waals surface area contributed by atoms with Crippen LogP contribution in [0.15, 0.2) is 0 Å². The molecule has 0 amide bonds. The molecule has 1 atom stereocenters. The predicted octanol–water partition coefficient (Wildman–Crippen LogP) is 2.17. The summed E-state index contributed by atoms with van der Waals surface area (Å²) in [6.45, 7) is 5.35. The highest BCUT2D eigenvalue weighted by Crippen LogP contribution is 2.31. The van der Waals surface area contributed by atoms with Gasteiger partial charge in [0.1, 0.15) is 0 Å². The van der Waals surface area contributed by atoms with Crippen LogP contribution in [0.2, 0.25) is 0 Å². The number of unbranched alkanes of at least 4 members (excludes halogenated alkanes) is 1. The lowest BCUT2D eigenvalue weighted by molar-refractivity contribution is 0.497. The van der Waals surface area contributed by atoms with Crippen molar-refractivity contribution in [3.05, 3.63) is 0 Å². The first-order chi connectivity index (χ1) is 4.47. The Balaban J connectivity index is 0. The molecule has 0 spiro atoms. The first-order valence-electron chi connectivity index (χ1n) is 3.19. The van der Waals surface area contributed by atoms with Crippen LogP contribution in [-0.4, -0.2) is 11.6 Å². The van der Waals surface area contributed by atoms with Gasteiger partial charge in [-0.3, -0.25) is 4.57 Å². The molecule has 0 aliphatic carbocycles. The van der Waals surface area contributed by atoms with Crippen molar-refractivity contribution in [1.29, 1.82) is 5.26 Å². The van der Waals surface area contributed by atoms with E-state index >= 15 is 0 Å². The number of hydrogen-bond donors (Lipinski definition) is 1. The van der Waals surface area contributed by atoms with Crippen molar-refractivity contribution >= 4 is 7.37 Å². The smallest absolute Gasteiger partial charge is 0.293 e. The lowest BCUT2D eigenvalue weighted by Crippen LogP contribution is -1.62. The van der Waals surface area contributed by atoms with Gasteiger partial charge in [0, 0.05) is 6.66 Å². The molecule has 3 nitrogen and oxygen atoms in total. The van der Waals surface area contributed by atoms with Crippen molar-refractivity contribution in [2.75, 3.05) is 6.66 Å². The van der Waals surface area contributed by atoms with Gasteiger partial charge in [-0.2, -0.15) is 5.26 Å². The van der Waals surface area contributed by atoms with E-state index in [0.29, 0.717) is 0 Å². The fourth-order valence-electron chi connectivity index (χ4n) is 0. The molecule has 0 aromatic carbocycles. The zero-order chi connectivity index (χ0) is 8.62. The molecule has 0 saturated heterocycles. The normalized spacial score (nSPS) is 13.9. The number of nitrogens with zero attached hydrogens (tertiary/aromatic N) is 1. The third-order valence-corrected chi connectivity index (χ3v) is 1.06. The van der Waals surface area contributed by atoms with Crippen molar-refractivity contribution in [3.8, 4) is 5.81 Å². The molecule has 0 aliphatic heterocycles. The lowest BCUT2D eigenvalue weighted by Gasteiger charge is -1.81. The summed E-state index contributed by atoms with van der Waals surface area (Å²) >= 11 is 0. The van der Waals surface area contributed by atoms with Gasteiger partial charge in [0.25, 0.3) is 7.37 Å². The van der Waals surface area contributed by atoms with Crippen LogP contribution in [0.25, 0.3) is 0 Å². The Kier molecular flexibility index (Phi) is 8.40. The summed E-state index contributed by atoms with van der Waals surface area (Å²) in [4.78, 5) is 8.02. The molecule has 60 valence electrons. The van der Waals surface area contributed by atoms with Gasteiger partial charge in [0.15, 0.2) is 5.81 Å². The Labute approximate surface area is 62.1 Å². The van der Waals surface area contributed by atoms with Crippen LogP contribution in [0.4, 0.5) is 0 Å². The highest BCUT2D eigenvalue weighted by Gasteiger charge is 2.02. The summed E-state index contributed by atoms with van der Waals surface area (Å²) in [5.74, 6) is 1.22. The Morgan fingerprint density at radius 1 is 1.50 bits per heavy atom. The van der Waals surface area contributed by atoms with Crippen LogP contribution in [0.5, 0.6) is 0 Å². The molecule has 0 fully saturated rings. The van der Waals surface area contributed by atoms with Crippen molar-refractivity contribution in [2.45, 2.75) is 26.7 Å². The minimum Gasteiger partial charge on any atom is -0.334 e. The minimum atomic E-state index is -3.34. The van der Waals surface area contributed by atoms with Gasteiger partial charge in [-0.05, 0) is 0 Å². The average Bonchev–Trinajstić information content (AvgIpc) is 1.87. The zero-order valence-electron chi connectivity index (χ0n) is 6.66. The number of nitriles is 1. The Hall–Kier alpha value is -0.320. The summed E-state index contributed by atoms with van der Waals surface area (Å²) < 4.78 is 9.78. The first kappa shape index (κ1) is 12.4. The molecule has 0 heterocycles. The number of hydrogen-bond acceptors (Lipinski definition) is 2. The molecule has 0 aromatic rings. The van der Waals surface area contributed by atoms with Gasteiger partial charge in [-0.15, -0.1) is 0 Å². The Bertz CT molecular complexity index is 142. The maximum absolute atomic E-state index is 9.78. The van der Waals surface area contributed by atoms with Crippen LogP contribution in [0, 0.1) is 11.1 Å². The fraction of sp³-hybridized carbons (Fsp3) is 0.833. The van der Waals surface area contributed by atoms with E-state index in [1.807, 2.05) is 0 Å². The monoisotopic (exact) mass is 163 g/mol. The van der Waals surface area contributed by atoms with Gasteiger partial charge < -0.3 is 4.89 Å². The van der Waals surface area contributed by atoms with E-state index in [1.54, 1.807) is 0 Å². The summed E-state index contributed by atoms with van der Waals surface area (Å²) in [6.07, 6.45) is 2.64. The molecule has 1 N–H and O–H groups in total. The first-order valence-corrected chi connectivity index (χ1v) is 5.30. The van der Waals surface area contributed by atoms with Crippen molar-refractivity contribution in [2.24, 2.45) is 0 Å². The van der Waals surface area contributed by atoms with E-state index in [0.717, 1.165) is 6.66 Å². The molecule has 4 heteroatoms. The topological polar surface area (TPSA) is 61.1 Å². The summed E-state index contributed by atoms with van der Waals surface area (Å²) in [5.41, 5.74) is 0. The maximum atomic E-state index is 9.78. The van der Waals surface area contributed by atoms with E-state index in [1.165, 1.54) is 18.7 Å². The van der Waals surface area contributed by atoms with Crippen molar-refractivity contribution < 1.29 is 9.46 Å². The molecule has 0 radical (unpaired) electrons. The van der Waals surface area contributed by atoms with Gasteiger partial charge in [-0.1, -0.05) is 26.7 Å². The summed E-state index contributed by atoms with van der Waals surface area (Å²) in [5, 5.41) is 7.64. The van der Waals surface area contributed by atoms with Gasteiger partial charge in [0.05, 0.1) is 0 Å². The van der Waals surface area contributed by atoms with Gasteiger partial charge >= 0.3 is 0 Å². The molecule has 10 heavy (non-hydrogen) atoms. The largest absolute Gasteiger partial charge is 0.334 e. The van der Waals surface area contributed by atoms with Crippen LogP contribution in [0.3, 0.4) is 0 Å². The highest BCUT2D eigenvalue weighted by atomic mass is 31.2. The molecular formula is C6H14NO2P. The Morgan fingerprint density at radius 3 is 1.70 bits per heavy atom. The maximum Gasteiger partial charge on any atom is 0.293 e. The summed E-state index contributed by atoms with van der Waals surface area (Å²) in [6, 6.07) is 0. The molecule has 0 aliphatic rings. The molecule has 0 rings (SSSR count). The van der Waals surface area contributed by atoms with E-state index in [9.17, 15) is 4.57 Å². The van der Waals surface area contributed by atoms with E-state index in [-0.39, 0.29) is 0 Å². The highest BCUT2D eigenvalue weighted by molar-refractivity contribution is 7.62. The van der Waals surface area contributed by atoms with Gasteiger partial charge in [-0.25, -0.2) is 0 Å². The quantitative estimate of drug-likeness (QED) is 0.602. The summed E-state index contributed by atoms with van der Waals surface area (Å²) in [7, 11) is -3.34. The van der Waals surface area contributed by atoms with E-state index in [4.69, 9.17) is 10.2 Å². The van der Waals surface area contributed by atoms with Crippen LogP contribution in [0.1, 0.15) is 26.7 Å². The predicted molar refractivity (Wildman–Crippen MR) is 41.9 cm³/mol. The molecule has 1 unspecified atom stereocenters. The Morgan fingerprint density at radius 2 is 1.70 bits per heavy atom. The van der Waals surface area contributed by atoms with Crippen molar-refractivity contribution in [3.63, 3.8) is 0 Å². The van der Waals surface area contributed by atoms with Crippen LogP contribution in [-0.2, 0) is 4.57 Å². The average molecular weight is 163 g/mol. The fourth-order valence-corrected chi connectivity index (χ4v) is 0. The second kappa shape index (κ2) is 6.80. The second-order valence-corrected chi connectivity index (χ2v) is 3.94. The second-order valence-electron chi connectivity index (χ2n) is 1.98. The SMILES string of the molecule is CCCC.CP(=O)(O)C#N. The third-order valence-electron chi connectivity index (χ3n) is 0.686. The molecular weight excluding hydrogens is 149 g/mol. The van der Waals surface area contributed by atoms with E-state index < -0.39 is 7.37 Å². The lowest BCUT2D eigenvalue weighted by atomic mass is 10.4. The standard InChI is InChI=1S/C4H10.C2H4NO2P/c1-3-4-2;1-6(4,5)2-3/h3-4H2,1-2H3;1H3,(H,4,5). The van der Waals surface area contributed by atoms with Crippen LogP contribution < -0.4 is 0 Å². The van der Waals surface area contributed by atoms with E-state index in [2.05, 4.69) is 13.8 Å². The zero-order valence-corrected chi connectivity index (χ0v) is 7.56. The number of rotatable bonds is 1. The molecule has 0 aromatic heterocycles. The van der Waals surface area contributed by atoms with Crippen molar-refractivity contribution in [1.82, 2.24) is 0 Å². The van der Waals surface area contributed by atoms with Gasteiger partial charge in [0.2, 0.25) is 0 Å². The third kappa shape index (κ3) is 25.3.